The number of ether oxygens (including phenoxy) is 1. The predicted molar refractivity (Wildman–Crippen MR) is 73.8 cm³/mol. The molecule has 0 aliphatic carbocycles. The number of benzene rings is 1. The molecule has 0 heterocycles. The molecule has 0 amide bonds. The minimum absolute atomic E-state index is 0.0733. The van der Waals surface area contributed by atoms with Crippen LogP contribution in [0.25, 0.3) is 0 Å². The SMILES string of the molecule is CC(CNC(C)(C)C)COc1c(F)cccc1Cl. The molecule has 2 nitrogen and oxygen atoms in total. The molecule has 0 fully saturated rings. The van der Waals surface area contributed by atoms with E-state index in [0.717, 1.165) is 6.54 Å². The fourth-order valence-corrected chi connectivity index (χ4v) is 1.60. The van der Waals surface area contributed by atoms with Gasteiger partial charge in [-0.2, -0.15) is 0 Å². The van der Waals surface area contributed by atoms with Gasteiger partial charge in [0.15, 0.2) is 11.6 Å². The highest BCUT2D eigenvalue weighted by Crippen LogP contribution is 2.27. The first-order valence-corrected chi connectivity index (χ1v) is 6.49. The van der Waals surface area contributed by atoms with E-state index in [1.807, 2.05) is 6.92 Å². The largest absolute Gasteiger partial charge is 0.489 e. The zero-order valence-corrected chi connectivity index (χ0v) is 12.1. The summed E-state index contributed by atoms with van der Waals surface area (Å²) in [5.74, 6) is 0.000142. The van der Waals surface area contributed by atoms with Crippen molar-refractivity contribution in [1.82, 2.24) is 5.32 Å². The Morgan fingerprint density at radius 1 is 1.39 bits per heavy atom. The highest BCUT2D eigenvalue weighted by atomic mass is 35.5. The van der Waals surface area contributed by atoms with E-state index in [9.17, 15) is 4.39 Å². The van der Waals surface area contributed by atoms with E-state index in [-0.39, 0.29) is 17.2 Å². The third-order valence-electron chi connectivity index (χ3n) is 2.41. The van der Waals surface area contributed by atoms with Gasteiger partial charge in [0.1, 0.15) is 0 Å². The second-order valence-corrected chi connectivity index (χ2v) is 6.01. The minimum Gasteiger partial charge on any atom is -0.489 e. The quantitative estimate of drug-likeness (QED) is 0.879. The number of para-hydroxylation sites is 1. The lowest BCUT2D eigenvalue weighted by atomic mass is 10.1. The molecule has 1 unspecified atom stereocenters. The van der Waals surface area contributed by atoms with Crippen molar-refractivity contribution in [2.24, 2.45) is 5.92 Å². The monoisotopic (exact) mass is 273 g/mol. The first-order chi connectivity index (χ1) is 8.29. The summed E-state index contributed by atoms with van der Waals surface area (Å²) in [5.41, 5.74) is 0.0733. The van der Waals surface area contributed by atoms with Crippen molar-refractivity contribution in [1.29, 1.82) is 0 Å². The van der Waals surface area contributed by atoms with Gasteiger partial charge in [0.2, 0.25) is 0 Å². The van der Waals surface area contributed by atoms with Gasteiger partial charge < -0.3 is 10.1 Å². The van der Waals surface area contributed by atoms with Crippen molar-refractivity contribution in [3.8, 4) is 5.75 Å². The highest BCUT2D eigenvalue weighted by molar-refractivity contribution is 6.32. The van der Waals surface area contributed by atoms with E-state index in [1.54, 1.807) is 12.1 Å². The Kier molecular flexibility index (Phi) is 5.42. The molecule has 1 aromatic rings. The van der Waals surface area contributed by atoms with E-state index < -0.39 is 5.82 Å². The Bertz CT molecular complexity index is 370. The fourth-order valence-electron chi connectivity index (χ4n) is 1.39. The molecular formula is C14H21ClFNO. The Morgan fingerprint density at radius 3 is 2.61 bits per heavy atom. The molecule has 4 heteroatoms. The lowest BCUT2D eigenvalue weighted by Gasteiger charge is -2.23. The summed E-state index contributed by atoms with van der Waals surface area (Å²) in [6.07, 6.45) is 0. The molecule has 0 aromatic heterocycles. The first-order valence-electron chi connectivity index (χ1n) is 6.11. The molecule has 18 heavy (non-hydrogen) atoms. The molecule has 0 radical (unpaired) electrons. The maximum atomic E-state index is 13.5. The summed E-state index contributed by atoms with van der Waals surface area (Å²) in [4.78, 5) is 0. The summed E-state index contributed by atoms with van der Waals surface area (Å²) in [6, 6.07) is 4.53. The molecule has 0 aliphatic heterocycles. The van der Waals surface area contributed by atoms with Gasteiger partial charge in [-0.25, -0.2) is 4.39 Å². The van der Waals surface area contributed by atoms with Crippen LogP contribution in [0.3, 0.4) is 0 Å². The molecular weight excluding hydrogens is 253 g/mol. The molecule has 1 rings (SSSR count). The van der Waals surface area contributed by atoms with Crippen LogP contribution in [0.4, 0.5) is 4.39 Å². The Balaban J connectivity index is 2.45. The highest BCUT2D eigenvalue weighted by Gasteiger charge is 2.13. The molecule has 0 saturated heterocycles. The zero-order chi connectivity index (χ0) is 13.8. The van der Waals surface area contributed by atoms with Crippen LogP contribution in [0.15, 0.2) is 18.2 Å². The van der Waals surface area contributed by atoms with Crippen molar-refractivity contribution in [2.45, 2.75) is 33.2 Å². The summed E-state index contributed by atoms with van der Waals surface area (Å²) < 4.78 is 18.9. The van der Waals surface area contributed by atoms with Crippen LogP contribution in [0, 0.1) is 11.7 Å². The fraction of sp³-hybridized carbons (Fsp3) is 0.571. The molecule has 0 bridgehead atoms. The second-order valence-electron chi connectivity index (χ2n) is 5.60. The number of hydrogen-bond acceptors (Lipinski definition) is 2. The van der Waals surface area contributed by atoms with Crippen molar-refractivity contribution in [2.75, 3.05) is 13.2 Å². The van der Waals surface area contributed by atoms with Crippen LogP contribution >= 0.6 is 11.6 Å². The number of hydrogen-bond donors (Lipinski definition) is 1. The average molecular weight is 274 g/mol. The van der Waals surface area contributed by atoms with Gasteiger partial charge >= 0.3 is 0 Å². The average Bonchev–Trinajstić information content (AvgIpc) is 2.25. The predicted octanol–water partition coefficient (Wildman–Crippen LogP) is 3.88. The van der Waals surface area contributed by atoms with Crippen LogP contribution in [0.5, 0.6) is 5.75 Å². The van der Waals surface area contributed by atoms with Crippen LogP contribution in [-0.2, 0) is 0 Å². The van der Waals surface area contributed by atoms with Crippen molar-refractivity contribution in [3.63, 3.8) is 0 Å². The zero-order valence-electron chi connectivity index (χ0n) is 11.4. The summed E-state index contributed by atoms with van der Waals surface area (Å²) >= 11 is 5.88. The Morgan fingerprint density at radius 2 is 2.06 bits per heavy atom. The van der Waals surface area contributed by atoms with Crippen LogP contribution in [0.2, 0.25) is 5.02 Å². The smallest absolute Gasteiger partial charge is 0.173 e. The molecule has 0 aliphatic rings. The molecule has 1 aromatic carbocycles. The normalized spacial score (nSPS) is 13.4. The first kappa shape index (κ1) is 15.3. The number of nitrogens with one attached hydrogen (secondary N) is 1. The molecule has 1 N–H and O–H groups in total. The third kappa shape index (κ3) is 5.23. The van der Waals surface area contributed by atoms with Gasteiger partial charge in [-0.3, -0.25) is 0 Å². The lowest BCUT2D eigenvalue weighted by molar-refractivity contribution is 0.236. The van der Waals surface area contributed by atoms with E-state index in [1.165, 1.54) is 6.07 Å². The van der Waals surface area contributed by atoms with Crippen molar-refractivity contribution >= 4 is 11.6 Å². The van der Waals surface area contributed by atoms with Crippen LogP contribution < -0.4 is 10.1 Å². The van der Waals surface area contributed by atoms with E-state index in [0.29, 0.717) is 11.6 Å². The van der Waals surface area contributed by atoms with Crippen molar-refractivity contribution < 1.29 is 9.13 Å². The molecule has 1 atom stereocenters. The van der Waals surface area contributed by atoms with Crippen LogP contribution in [0.1, 0.15) is 27.7 Å². The Hall–Kier alpha value is -0.800. The third-order valence-corrected chi connectivity index (χ3v) is 2.71. The number of rotatable bonds is 5. The molecule has 0 spiro atoms. The van der Waals surface area contributed by atoms with Gasteiger partial charge in [-0.05, 0) is 32.9 Å². The summed E-state index contributed by atoms with van der Waals surface area (Å²) in [7, 11) is 0. The van der Waals surface area contributed by atoms with E-state index in [2.05, 4.69) is 26.1 Å². The van der Waals surface area contributed by atoms with Gasteiger partial charge in [0.05, 0.1) is 11.6 Å². The minimum atomic E-state index is -0.418. The van der Waals surface area contributed by atoms with Crippen LogP contribution in [-0.4, -0.2) is 18.7 Å². The van der Waals surface area contributed by atoms with Gasteiger partial charge in [-0.1, -0.05) is 24.6 Å². The maximum absolute atomic E-state index is 13.5. The van der Waals surface area contributed by atoms with E-state index >= 15 is 0 Å². The Labute approximate surface area is 113 Å². The lowest BCUT2D eigenvalue weighted by Crippen LogP contribution is -2.39. The standard InChI is InChI=1S/C14H21ClFNO/c1-10(8-17-14(2,3)4)9-18-13-11(15)6-5-7-12(13)16/h5-7,10,17H,8-9H2,1-4H3. The summed E-state index contributed by atoms with van der Waals surface area (Å²) in [5, 5.41) is 3.69. The summed E-state index contributed by atoms with van der Waals surface area (Å²) in [6.45, 7) is 9.61. The maximum Gasteiger partial charge on any atom is 0.173 e. The molecule has 102 valence electrons. The van der Waals surface area contributed by atoms with Gasteiger partial charge in [-0.15, -0.1) is 0 Å². The van der Waals surface area contributed by atoms with E-state index in [4.69, 9.17) is 16.3 Å². The topological polar surface area (TPSA) is 21.3 Å². The van der Waals surface area contributed by atoms with Crippen molar-refractivity contribution in [3.05, 3.63) is 29.0 Å². The molecule has 0 saturated carbocycles. The van der Waals surface area contributed by atoms with Gasteiger partial charge in [0, 0.05) is 18.0 Å². The second kappa shape index (κ2) is 6.39. The number of halogens is 2. The van der Waals surface area contributed by atoms with Gasteiger partial charge in [0.25, 0.3) is 0 Å².